The zero-order valence-electron chi connectivity index (χ0n) is 10.7. The minimum atomic E-state index is -0.409. The van der Waals surface area contributed by atoms with Crippen molar-refractivity contribution in [1.29, 1.82) is 0 Å². The Morgan fingerprint density at radius 3 is 2.68 bits per heavy atom. The van der Waals surface area contributed by atoms with E-state index in [1.807, 2.05) is 30.3 Å². The van der Waals surface area contributed by atoms with Gasteiger partial charge in [-0.2, -0.15) is 5.10 Å². The highest BCUT2D eigenvalue weighted by molar-refractivity contribution is 5.80. The molecule has 100 valence electrons. The maximum atomic E-state index is 12.1. The summed E-state index contributed by atoms with van der Waals surface area (Å²) in [5.41, 5.74) is 0.881. The maximum Gasteiger partial charge on any atom is 0.245 e. The van der Waals surface area contributed by atoms with Crippen LogP contribution in [0, 0.1) is 0 Å². The first kappa shape index (κ1) is 13.3. The minimum Gasteiger partial charge on any atom is -0.394 e. The lowest BCUT2D eigenvalue weighted by atomic mass is 10.1. The van der Waals surface area contributed by atoms with Gasteiger partial charge in [0.1, 0.15) is 6.04 Å². The molecule has 2 N–H and O–H groups in total. The van der Waals surface area contributed by atoms with Crippen molar-refractivity contribution in [3.05, 3.63) is 54.4 Å². The van der Waals surface area contributed by atoms with E-state index in [0.29, 0.717) is 0 Å². The predicted octanol–water partition coefficient (Wildman–Crippen LogP) is 1.29. The summed E-state index contributed by atoms with van der Waals surface area (Å²) in [7, 11) is 0. The summed E-state index contributed by atoms with van der Waals surface area (Å²) in [6.07, 6.45) is 3.37. The summed E-state index contributed by atoms with van der Waals surface area (Å²) in [6.45, 7) is 1.63. The third kappa shape index (κ3) is 3.20. The first-order chi connectivity index (χ1) is 9.22. The van der Waals surface area contributed by atoms with Crippen LogP contribution in [0.1, 0.15) is 24.6 Å². The number of nitrogens with one attached hydrogen (secondary N) is 1. The van der Waals surface area contributed by atoms with E-state index in [9.17, 15) is 9.90 Å². The number of hydrogen-bond acceptors (Lipinski definition) is 3. The predicted molar refractivity (Wildman–Crippen MR) is 71.3 cm³/mol. The van der Waals surface area contributed by atoms with Crippen LogP contribution in [0.5, 0.6) is 0 Å². The molecular formula is C14H17N3O2. The molecule has 2 atom stereocenters. The monoisotopic (exact) mass is 259 g/mol. The second-order valence-corrected chi connectivity index (χ2v) is 4.32. The van der Waals surface area contributed by atoms with E-state index in [4.69, 9.17) is 0 Å². The molecule has 0 saturated carbocycles. The number of nitrogens with zero attached hydrogens (tertiary/aromatic N) is 2. The molecule has 0 radical (unpaired) electrons. The largest absolute Gasteiger partial charge is 0.394 e. The highest BCUT2D eigenvalue weighted by Crippen LogP contribution is 2.13. The number of carbonyl (C=O) groups is 1. The van der Waals surface area contributed by atoms with Crippen LogP contribution >= 0.6 is 0 Å². The lowest BCUT2D eigenvalue weighted by molar-refractivity contribution is -0.125. The maximum absolute atomic E-state index is 12.1. The Morgan fingerprint density at radius 1 is 1.37 bits per heavy atom. The van der Waals surface area contributed by atoms with E-state index in [0.717, 1.165) is 5.56 Å². The van der Waals surface area contributed by atoms with Gasteiger partial charge in [0, 0.05) is 12.4 Å². The van der Waals surface area contributed by atoms with Gasteiger partial charge in [-0.15, -0.1) is 0 Å². The average Bonchev–Trinajstić information content (AvgIpc) is 2.98. The van der Waals surface area contributed by atoms with Crippen LogP contribution in [-0.4, -0.2) is 27.4 Å². The number of aliphatic hydroxyl groups is 1. The van der Waals surface area contributed by atoms with Crippen molar-refractivity contribution in [3.63, 3.8) is 0 Å². The van der Waals surface area contributed by atoms with Crippen molar-refractivity contribution >= 4 is 5.91 Å². The second-order valence-electron chi connectivity index (χ2n) is 4.32. The molecule has 1 unspecified atom stereocenters. The Morgan fingerprint density at radius 2 is 2.11 bits per heavy atom. The number of carbonyl (C=O) groups excluding carboxylic acids is 1. The molecule has 5 heteroatoms. The fourth-order valence-corrected chi connectivity index (χ4v) is 1.84. The van der Waals surface area contributed by atoms with Gasteiger partial charge in [0.2, 0.25) is 5.91 Å². The van der Waals surface area contributed by atoms with E-state index in [2.05, 4.69) is 10.4 Å². The third-order valence-electron chi connectivity index (χ3n) is 3.00. The lowest BCUT2D eigenvalue weighted by Gasteiger charge is -2.19. The van der Waals surface area contributed by atoms with Gasteiger partial charge in [0.15, 0.2) is 0 Å². The van der Waals surface area contributed by atoms with Gasteiger partial charge in [-0.25, -0.2) is 0 Å². The van der Waals surface area contributed by atoms with Crippen molar-refractivity contribution in [2.45, 2.75) is 19.0 Å². The first-order valence-electron chi connectivity index (χ1n) is 6.17. The quantitative estimate of drug-likeness (QED) is 0.850. The van der Waals surface area contributed by atoms with Crippen LogP contribution in [0.25, 0.3) is 0 Å². The summed E-state index contributed by atoms with van der Waals surface area (Å²) < 4.78 is 1.58. The van der Waals surface area contributed by atoms with Crippen LogP contribution in [-0.2, 0) is 4.79 Å². The topological polar surface area (TPSA) is 67.2 Å². The molecule has 1 aromatic heterocycles. The molecular weight excluding hydrogens is 242 g/mol. The zero-order chi connectivity index (χ0) is 13.7. The summed E-state index contributed by atoms with van der Waals surface area (Å²) in [6, 6.07) is 10.4. The van der Waals surface area contributed by atoms with Crippen molar-refractivity contribution in [2.75, 3.05) is 6.61 Å². The van der Waals surface area contributed by atoms with Crippen LogP contribution in [0.2, 0.25) is 0 Å². The van der Waals surface area contributed by atoms with E-state index >= 15 is 0 Å². The van der Waals surface area contributed by atoms with Crippen LogP contribution < -0.4 is 5.32 Å². The molecule has 5 nitrogen and oxygen atoms in total. The fourth-order valence-electron chi connectivity index (χ4n) is 1.84. The smallest absolute Gasteiger partial charge is 0.245 e. The molecule has 1 amide bonds. The molecule has 1 aromatic carbocycles. The van der Waals surface area contributed by atoms with Crippen LogP contribution in [0.15, 0.2) is 48.8 Å². The third-order valence-corrected chi connectivity index (χ3v) is 3.00. The Balaban J connectivity index is 2.05. The van der Waals surface area contributed by atoms with Crippen LogP contribution in [0.3, 0.4) is 0 Å². The summed E-state index contributed by atoms with van der Waals surface area (Å²) in [5, 5.41) is 16.3. The molecule has 2 rings (SSSR count). The van der Waals surface area contributed by atoms with E-state index in [1.54, 1.807) is 30.1 Å². The second kappa shape index (κ2) is 6.15. The molecule has 19 heavy (non-hydrogen) atoms. The van der Waals surface area contributed by atoms with E-state index in [1.165, 1.54) is 0 Å². The Hall–Kier alpha value is -2.14. The van der Waals surface area contributed by atoms with Gasteiger partial charge in [0.05, 0.1) is 12.6 Å². The molecule has 0 aliphatic heterocycles. The van der Waals surface area contributed by atoms with Gasteiger partial charge in [-0.3, -0.25) is 9.48 Å². The highest BCUT2D eigenvalue weighted by Gasteiger charge is 2.19. The lowest BCUT2D eigenvalue weighted by Crippen LogP contribution is -2.35. The summed E-state index contributed by atoms with van der Waals surface area (Å²) in [5.74, 6) is -0.174. The average molecular weight is 259 g/mol. The number of aromatic nitrogens is 2. The normalized spacial score (nSPS) is 13.8. The SMILES string of the molecule is CC(C(=O)N[C@@H](CO)c1ccccc1)n1cccn1. The Labute approximate surface area is 111 Å². The molecule has 0 fully saturated rings. The molecule has 0 aliphatic rings. The Kier molecular flexibility index (Phi) is 4.30. The molecule has 0 spiro atoms. The number of amides is 1. The Bertz CT molecular complexity index is 511. The van der Waals surface area contributed by atoms with Gasteiger partial charge in [-0.05, 0) is 18.6 Å². The van der Waals surface area contributed by atoms with E-state index < -0.39 is 12.1 Å². The first-order valence-corrected chi connectivity index (χ1v) is 6.17. The number of rotatable bonds is 5. The van der Waals surface area contributed by atoms with Gasteiger partial charge >= 0.3 is 0 Å². The van der Waals surface area contributed by atoms with E-state index in [-0.39, 0.29) is 12.5 Å². The van der Waals surface area contributed by atoms with Crippen molar-refractivity contribution in [1.82, 2.24) is 15.1 Å². The number of aliphatic hydroxyl groups excluding tert-OH is 1. The number of hydrogen-bond donors (Lipinski definition) is 2. The van der Waals surface area contributed by atoms with Gasteiger partial charge < -0.3 is 10.4 Å². The van der Waals surface area contributed by atoms with Gasteiger partial charge in [-0.1, -0.05) is 30.3 Å². The zero-order valence-corrected chi connectivity index (χ0v) is 10.7. The fraction of sp³-hybridized carbons (Fsp3) is 0.286. The molecule has 0 saturated heterocycles. The standard InChI is InChI=1S/C14H17N3O2/c1-11(17-9-5-8-15-17)14(19)16-13(10-18)12-6-3-2-4-7-12/h2-9,11,13,18H,10H2,1H3,(H,16,19)/t11?,13-/m0/s1. The summed E-state index contributed by atoms with van der Waals surface area (Å²) in [4.78, 5) is 12.1. The van der Waals surface area contributed by atoms with Crippen molar-refractivity contribution in [3.8, 4) is 0 Å². The molecule has 1 heterocycles. The summed E-state index contributed by atoms with van der Waals surface area (Å²) >= 11 is 0. The highest BCUT2D eigenvalue weighted by atomic mass is 16.3. The molecule has 2 aromatic rings. The molecule has 0 aliphatic carbocycles. The number of benzene rings is 1. The van der Waals surface area contributed by atoms with Crippen molar-refractivity contribution in [2.24, 2.45) is 0 Å². The minimum absolute atomic E-state index is 0.137. The van der Waals surface area contributed by atoms with Crippen molar-refractivity contribution < 1.29 is 9.90 Å². The molecule has 0 bridgehead atoms. The van der Waals surface area contributed by atoms with Gasteiger partial charge in [0.25, 0.3) is 0 Å². The van der Waals surface area contributed by atoms with Crippen LogP contribution in [0.4, 0.5) is 0 Å².